The summed E-state index contributed by atoms with van der Waals surface area (Å²) in [5, 5.41) is 9.64. The van der Waals surface area contributed by atoms with Gasteiger partial charge >= 0.3 is 0 Å². The van der Waals surface area contributed by atoms with Gasteiger partial charge in [0.2, 0.25) is 5.91 Å². The first-order chi connectivity index (χ1) is 7.57. The molecule has 1 amide bonds. The molecular formula is C12H23N3O. The van der Waals surface area contributed by atoms with Crippen LogP contribution in [0, 0.1) is 5.41 Å². The molecule has 2 aliphatic rings. The Morgan fingerprint density at radius 2 is 2.19 bits per heavy atom. The van der Waals surface area contributed by atoms with Gasteiger partial charge in [-0.05, 0) is 24.7 Å². The highest BCUT2D eigenvalue weighted by Gasteiger charge is 2.33. The largest absolute Gasteiger partial charge is 0.352 e. The smallest absolute Gasteiger partial charge is 0.238 e. The van der Waals surface area contributed by atoms with Crippen LogP contribution in [0.15, 0.2) is 0 Å². The standard InChI is InChI=1S/C12H23N3O/c1-12(2)4-3-9(7-12)15-11(16)10-8-13-5-6-14-10/h9-10,13-14H,3-8H2,1-2H3,(H,15,16). The first-order valence-corrected chi connectivity index (χ1v) is 6.31. The van der Waals surface area contributed by atoms with E-state index in [9.17, 15) is 4.79 Å². The van der Waals surface area contributed by atoms with Crippen LogP contribution in [0.4, 0.5) is 0 Å². The second-order valence-electron chi connectivity index (χ2n) is 5.82. The Hall–Kier alpha value is -0.610. The Labute approximate surface area is 97.6 Å². The Balaban J connectivity index is 1.79. The maximum atomic E-state index is 12.0. The van der Waals surface area contributed by atoms with Crippen molar-refractivity contribution in [3.63, 3.8) is 0 Å². The number of piperazine rings is 1. The summed E-state index contributed by atoms with van der Waals surface area (Å²) in [4.78, 5) is 12.0. The molecule has 0 radical (unpaired) electrons. The molecule has 1 saturated carbocycles. The van der Waals surface area contributed by atoms with Crippen molar-refractivity contribution >= 4 is 5.91 Å². The Bertz CT molecular complexity index is 259. The third-order valence-corrected chi connectivity index (χ3v) is 3.67. The van der Waals surface area contributed by atoms with E-state index in [4.69, 9.17) is 0 Å². The van der Waals surface area contributed by atoms with Crippen LogP contribution in [0.3, 0.4) is 0 Å². The summed E-state index contributed by atoms with van der Waals surface area (Å²) in [6.45, 7) is 7.15. The summed E-state index contributed by atoms with van der Waals surface area (Å²) in [7, 11) is 0. The summed E-state index contributed by atoms with van der Waals surface area (Å²) in [6, 6.07) is 0.337. The zero-order valence-corrected chi connectivity index (χ0v) is 10.3. The highest BCUT2D eigenvalue weighted by atomic mass is 16.2. The van der Waals surface area contributed by atoms with Crippen molar-refractivity contribution in [1.29, 1.82) is 0 Å². The topological polar surface area (TPSA) is 53.2 Å². The van der Waals surface area contributed by atoms with Gasteiger partial charge in [-0.25, -0.2) is 0 Å². The first-order valence-electron chi connectivity index (χ1n) is 6.31. The van der Waals surface area contributed by atoms with Crippen molar-refractivity contribution in [2.75, 3.05) is 19.6 Å². The second-order valence-corrected chi connectivity index (χ2v) is 5.82. The first kappa shape index (κ1) is 11.9. The van der Waals surface area contributed by atoms with Crippen LogP contribution in [0.5, 0.6) is 0 Å². The summed E-state index contributed by atoms with van der Waals surface area (Å²) >= 11 is 0. The monoisotopic (exact) mass is 225 g/mol. The second kappa shape index (κ2) is 4.72. The van der Waals surface area contributed by atoms with E-state index in [2.05, 4.69) is 29.8 Å². The fourth-order valence-electron chi connectivity index (χ4n) is 2.70. The Morgan fingerprint density at radius 3 is 2.75 bits per heavy atom. The molecule has 0 aromatic carbocycles. The number of nitrogens with one attached hydrogen (secondary N) is 3. The molecule has 2 rings (SSSR count). The highest BCUT2D eigenvalue weighted by Crippen LogP contribution is 2.36. The third kappa shape index (κ3) is 2.95. The van der Waals surface area contributed by atoms with Gasteiger partial charge in [-0.2, -0.15) is 0 Å². The average Bonchev–Trinajstić information content (AvgIpc) is 2.59. The lowest BCUT2D eigenvalue weighted by Gasteiger charge is -2.25. The molecule has 2 atom stereocenters. The maximum Gasteiger partial charge on any atom is 0.238 e. The van der Waals surface area contributed by atoms with Crippen molar-refractivity contribution in [2.45, 2.75) is 45.2 Å². The predicted octanol–water partition coefficient (Wildman–Crippen LogP) is 0.243. The summed E-state index contributed by atoms with van der Waals surface area (Å²) in [6.07, 6.45) is 3.45. The van der Waals surface area contributed by atoms with E-state index in [1.54, 1.807) is 0 Å². The fraction of sp³-hybridized carbons (Fsp3) is 0.917. The molecule has 1 saturated heterocycles. The van der Waals surface area contributed by atoms with Crippen molar-refractivity contribution in [1.82, 2.24) is 16.0 Å². The molecule has 2 unspecified atom stereocenters. The minimum absolute atomic E-state index is 0.0440. The van der Waals surface area contributed by atoms with E-state index in [0.29, 0.717) is 11.5 Å². The molecule has 0 aromatic heterocycles. The number of carbonyl (C=O) groups excluding carboxylic acids is 1. The van der Waals surface area contributed by atoms with E-state index >= 15 is 0 Å². The highest BCUT2D eigenvalue weighted by molar-refractivity contribution is 5.82. The van der Waals surface area contributed by atoms with Gasteiger partial charge < -0.3 is 16.0 Å². The van der Waals surface area contributed by atoms with E-state index in [0.717, 1.165) is 32.5 Å². The zero-order valence-electron chi connectivity index (χ0n) is 10.3. The normalized spacial score (nSPS) is 33.6. The molecule has 4 nitrogen and oxygen atoms in total. The van der Waals surface area contributed by atoms with Gasteiger partial charge in [0, 0.05) is 25.7 Å². The quantitative estimate of drug-likeness (QED) is 0.631. The number of hydrogen-bond acceptors (Lipinski definition) is 3. The predicted molar refractivity (Wildman–Crippen MR) is 64.2 cm³/mol. The number of hydrogen-bond donors (Lipinski definition) is 3. The zero-order chi connectivity index (χ0) is 11.6. The van der Waals surface area contributed by atoms with Crippen LogP contribution in [0.25, 0.3) is 0 Å². The molecule has 0 aromatic rings. The van der Waals surface area contributed by atoms with Gasteiger partial charge in [0.05, 0.1) is 6.04 Å². The van der Waals surface area contributed by atoms with E-state index in [1.807, 2.05) is 0 Å². The Kier molecular flexibility index (Phi) is 3.50. The summed E-state index contributed by atoms with van der Waals surface area (Å²) in [5.41, 5.74) is 0.399. The van der Waals surface area contributed by atoms with Gasteiger partial charge in [0.15, 0.2) is 0 Å². The van der Waals surface area contributed by atoms with Crippen LogP contribution in [-0.2, 0) is 4.79 Å². The van der Waals surface area contributed by atoms with Crippen LogP contribution >= 0.6 is 0 Å². The Morgan fingerprint density at radius 1 is 1.38 bits per heavy atom. The lowest BCUT2D eigenvalue weighted by atomic mass is 9.92. The van der Waals surface area contributed by atoms with E-state index in [-0.39, 0.29) is 11.9 Å². The third-order valence-electron chi connectivity index (χ3n) is 3.67. The number of amides is 1. The van der Waals surface area contributed by atoms with Crippen molar-refractivity contribution in [2.24, 2.45) is 5.41 Å². The van der Waals surface area contributed by atoms with E-state index < -0.39 is 0 Å². The lowest BCUT2D eigenvalue weighted by Crippen LogP contribution is -2.56. The summed E-state index contributed by atoms with van der Waals surface area (Å²) in [5.74, 6) is 0.162. The average molecular weight is 225 g/mol. The molecule has 2 fully saturated rings. The minimum atomic E-state index is -0.0440. The van der Waals surface area contributed by atoms with Gasteiger partial charge in [0.1, 0.15) is 0 Å². The molecule has 1 aliphatic heterocycles. The van der Waals surface area contributed by atoms with Gasteiger partial charge in [0.25, 0.3) is 0 Å². The molecule has 4 heteroatoms. The molecule has 92 valence electrons. The van der Waals surface area contributed by atoms with Crippen molar-refractivity contribution < 1.29 is 4.79 Å². The maximum absolute atomic E-state index is 12.0. The van der Waals surface area contributed by atoms with Gasteiger partial charge in [-0.3, -0.25) is 4.79 Å². The minimum Gasteiger partial charge on any atom is -0.352 e. The van der Waals surface area contributed by atoms with Crippen LogP contribution < -0.4 is 16.0 Å². The van der Waals surface area contributed by atoms with Gasteiger partial charge in [-0.1, -0.05) is 13.8 Å². The van der Waals surface area contributed by atoms with Crippen molar-refractivity contribution in [3.8, 4) is 0 Å². The number of carbonyl (C=O) groups is 1. The molecule has 1 aliphatic carbocycles. The number of rotatable bonds is 2. The molecule has 1 heterocycles. The SMILES string of the molecule is CC1(C)CCC(NC(=O)C2CNCCN2)C1. The van der Waals surface area contributed by atoms with E-state index in [1.165, 1.54) is 6.42 Å². The fourth-order valence-corrected chi connectivity index (χ4v) is 2.70. The molecule has 0 spiro atoms. The molecule has 0 bridgehead atoms. The van der Waals surface area contributed by atoms with Crippen LogP contribution in [0.1, 0.15) is 33.1 Å². The van der Waals surface area contributed by atoms with Crippen LogP contribution in [-0.4, -0.2) is 37.6 Å². The molecule has 16 heavy (non-hydrogen) atoms. The van der Waals surface area contributed by atoms with Gasteiger partial charge in [-0.15, -0.1) is 0 Å². The molecule has 3 N–H and O–H groups in total. The van der Waals surface area contributed by atoms with Crippen molar-refractivity contribution in [3.05, 3.63) is 0 Å². The van der Waals surface area contributed by atoms with Crippen LogP contribution in [0.2, 0.25) is 0 Å². The lowest BCUT2D eigenvalue weighted by molar-refractivity contribution is -0.124. The summed E-state index contributed by atoms with van der Waals surface area (Å²) < 4.78 is 0. The molecular weight excluding hydrogens is 202 g/mol.